The molecule has 0 aliphatic rings. The highest BCUT2D eigenvalue weighted by Crippen LogP contribution is 2.20. The lowest BCUT2D eigenvalue weighted by Gasteiger charge is -2.06. The second-order valence-corrected chi connectivity index (χ2v) is 3.66. The Morgan fingerprint density at radius 2 is 2.24 bits per heavy atom. The first-order chi connectivity index (χ1) is 8.09. The zero-order valence-corrected chi connectivity index (χ0v) is 9.48. The Labute approximate surface area is 97.7 Å². The van der Waals surface area contributed by atoms with Crippen molar-refractivity contribution < 1.29 is 9.90 Å². The molecule has 88 valence electrons. The zero-order valence-electron chi connectivity index (χ0n) is 9.48. The van der Waals surface area contributed by atoms with E-state index >= 15 is 0 Å². The highest BCUT2D eigenvalue weighted by molar-refractivity contribution is 6.06. The molecule has 0 saturated carbocycles. The number of rotatable bonds is 2. The second-order valence-electron chi connectivity index (χ2n) is 3.66. The van der Waals surface area contributed by atoms with Crippen LogP contribution in [0.3, 0.4) is 0 Å². The Bertz CT molecular complexity index is 543. The fourth-order valence-electron chi connectivity index (χ4n) is 1.49. The molecule has 2 aromatic rings. The number of amides is 1. The molecule has 6 heteroatoms. The summed E-state index contributed by atoms with van der Waals surface area (Å²) in [6, 6.07) is 1.45. The van der Waals surface area contributed by atoms with Crippen LogP contribution in [0.2, 0.25) is 0 Å². The average molecular weight is 232 g/mol. The van der Waals surface area contributed by atoms with E-state index in [0.717, 1.165) is 5.69 Å². The Balaban J connectivity index is 2.27. The first kappa shape index (κ1) is 11.1. The number of aromatic nitrogens is 3. The number of hydrogen-bond acceptors (Lipinski definition) is 4. The van der Waals surface area contributed by atoms with E-state index < -0.39 is 5.91 Å². The lowest BCUT2D eigenvalue weighted by molar-refractivity contribution is 0.102. The van der Waals surface area contributed by atoms with Crippen LogP contribution in [0.4, 0.5) is 5.69 Å². The van der Waals surface area contributed by atoms with E-state index in [-0.39, 0.29) is 11.3 Å². The van der Waals surface area contributed by atoms with Gasteiger partial charge in [-0.1, -0.05) is 0 Å². The van der Waals surface area contributed by atoms with Gasteiger partial charge in [-0.3, -0.25) is 14.9 Å². The molecule has 0 spiro atoms. The third-order valence-electron chi connectivity index (χ3n) is 2.41. The number of nitrogens with one attached hydrogen (secondary N) is 2. The van der Waals surface area contributed by atoms with E-state index in [0.29, 0.717) is 11.4 Å². The third-order valence-corrected chi connectivity index (χ3v) is 2.41. The van der Waals surface area contributed by atoms with Crippen molar-refractivity contribution in [2.45, 2.75) is 13.8 Å². The SMILES string of the molecule is Cc1n[nH]c(C)c1NC(=O)c1ccncc1O. The summed E-state index contributed by atoms with van der Waals surface area (Å²) in [5.74, 6) is -0.540. The fourth-order valence-corrected chi connectivity index (χ4v) is 1.49. The van der Waals surface area contributed by atoms with Crippen LogP contribution in [0.5, 0.6) is 5.75 Å². The molecule has 0 aromatic carbocycles. The maximum Gasteiger partial charge on any atom is 0.259 e. The quantitative estimate of drug-likeness (QED) is 0.729. The summed E-state index contributed by atoms with van der Waals surface area (Å²) in [7, 11) is 0. The molecule has 0 aliphatic carbocycles. The van der Waals surface area contributed by atoms with Gasteiger partial charge in [0, 0.05) is 6.20 Å². The van der Waals surface area contributed by atoms with Gasteiger partial charge in [0.05, 0.1) is 28.8 Å². The van der Waals surface area contributed by atoms with Gasteiger partial charge in [0.25, 0.3) is 5.91 Å². The summed E-state index contributed by atoms with van der Waals surface area (Å²) >= 11 is 0. The minimum atomic E-state index is -0.391. The molecule has 0 saturated heterocycles. The Morgan fingerprint density at radius 1 is 1.47 bits per heavy atom. The Hall–Kier alpha value is -2.37. The highest BCUT2D eigenvalue weighted by Gasteiger charge is 2.14. The smallest absolute Gasteiger partial charge is 0.259 e. The second kappa shape index (κ2) is 4.25. The van der Waals surface area contributed by atoms with Crippen molar-refractivity contribution >= 4 is 11.6 Å². The van der Waals surface area contributed by atoms with Crippen LogP contribution in [0.1, 0.15) is 21.7 Å². The number of aromatic hydroxyl groups is 1. The van der Waals surface area contributed by atoms with Crippen LogP contribution in [-0.2, 0) is 0 Å². The van der Waals surface area contributed by atoms with Gasteiger partial charge in [0.1, 0.15) is 5.75 Å². The minimum absolute atomic E-state index is 0.149. The van der Waals surface area contributed by atoms with Crippen molar-refractivity contribution in [2.75, 3.05) is 5.32 Å². The number of H-pyrrole nitrogens is 1. The molecule has 0 radical (unpaired) electrons. The summed E-state index contributed by atoms with van der Waals surface area (Å²) in [4.78, 5) is 15.6. The van der Waals surface area contributed by atoms with Crippen molar-refractivity contribution in [3.8, 4) is 5.75 Å². The van der Waals surface area contributed by atoms with Crippen molar-refractivity contribution in [2.24, 2.45) is 0 Å². The zero-order chi connectivity index (χ0) is 12.4. The molecule has 0 bridgehead atoms. The van der Waals surface area contributed by atoms with Gasteiger partial charge >= 0.3 is 0 Å². The van der Waals surface area contributed by atoms with E-state index in [9.17, 15) is 9.90 Å². The lowest BCUT2D eigenvalue weighted by atomic mass is 10.2. The lowest BCUT2D eigenvalue weighted by Crippen LogP contribution is -2.13. The number of aromatic amines is 1. The molecule has 2 aromatic heterocycles. The first-order valence-corrected chi connectivity index (χ1v) is 5.05. The molecule has 6 nitrogen and oxygen atoms in total. The Morgan fingerprint density at radius 3 is 2.82 bits per heavy atom. The molecule has 3 N–H and O–H groups in total. The molecule has 0 atom stereocenters. The van der Waals surface area contributed by atoms with Gasteiger partial charge in [0.2, 0.25) is 0 Å². The van der Waals surface area contributed by atoms with Gasteiger partial charge in [-0.25, -0.2) is 0 Å². The summed E-state index contributed by atoms with van der Waals surface area (Å²) in [6.45, 7) is 3.59. The fraction of sp³-hybridized carbons (Fsp3) is 0.182. The van der Waals surface area contributed by atoms with E-state index in [1.54, 1.807) is 6.92 Å². The predicted octanol–water partition coefficient (Wildman–Crippen LogP) is 1.38. The number of carbonyl (C=O) groups excluding carboxylic acids is 1. The van der Waals surface area contributed by atoms with Gasteiger partial charge in [0.15, 0.2) is 0 Å². The van der Waals surface area contributed by atoms with Crippen LogP contribution in [0.15, 0.2) is 18.5 Å². The maximum atomic E-state index is 11.9. The van der Waals surface area contributed by atoms with Crippen LogP contribution in [0.25, 0.3) is 0 Å². The minimum Gasteiger partial charge on any atom is -0.505 e. The summed E-state index contributed by atoms with van der Waals surface area (Å²) in [5, 5.41) is 18.9. The highest BCUT2D eigenvalue weighted by atomic mass is 16.3. The number of hydrogen-bond donors (Lipinski definition) is 3. The van der Waals surface area contributed by atoms with Crippen LogP contribution in [-0.4, -0.2) is 26.2 Å². The van der Waals surface area contributed by atoms with E-state index in [4.69, 9.17) is 0 Å². The van der Waals surface area contributed by atoms with E-state index in [1.807, 2.05) is 6.92 Å². The van der Waals surface area contributed by atoms with Crippen molar-refractivity contribution in [3.05, 3.63) is 35.4 Å². The van der Waals surface area contributed by atoms with Crippen LogP contribution >= 0.6 is 0 Å². The molecule has 0 fully saturated rings. The van der Waals surface area contributed by atoms with Gasteiger partial charge < -0.3 is 10.4 Å². The van der Waals surface area contributed by atoms with E-state index in [1.165, 1.54) is 18.5 Å². The average Bonchev–Trinajstić information content (AvgIpc) is 2.61. The van der Waals surface area contributed by atoms with Gasteiger partial charge in [-0.15, -0.1) is 0 Å². The van der Waals surface area contributed by atoms with Crippen LogP contribution < -0.4 is 5.32 Å². The number of pyridine rings is 1. The monoisotopic (exact) mass is 232 g/mol. The maximum absolute atomic E-state index is 11.9. The first-order valence-electron chi connectivity index (χ1n) is 5.05. The molecule has 17 heavy (non-hydrogen) atoms. The molecule has 2 heterocycles. The predicted molar refractivity (Wildman–Crippen MR) is 61.9 cm³/mol. The molecular weight excluding hydrogens is 220 g/mol. The van der Waals surface area contributed by atoms with Crippen molar-refractivity contribution in [1.29, 1.82) is 0 Å². The normalized spacial score (nSPS) is 10.2. The topological polar surface area (TPSA) is 90.9 Å². The van der Waals surface area contributed by atoms with E-state index in [2.05, 4.69) is 20.5 Å². The molecule has 2 rings (SSSR count). The van der Waals surface area contributed by atoms with Crippen molar-refractivity contribution in [1.82, 2.24) is 15.2 Å². The van der Waals surface area contributed by atoms with Crippen molar-refractivity contribution in [3.63, 3.8) is 0 Å². The summed E-state index contributed by atoms with van der Waals surface area (Å²) in [6.07, 6.45) is 2.67. The number of nitrogens with zero attached hydrogens (tertiary/aromatic N) is 2. The molecule has 0 aliphatic heterocycles. The summed E-state index contributed by atoms with van der Waals surface area (Å²) in [5.41, 5.74) is 2.28. The molecule has 0 unspecified atom stereocenters. The van der Waals surface area contributed by atoms with Gasteiger partial charge in [-0.05, 0) is 19.9 Å². The largest absolute Gasteiger partial charge is 0.505 e. The number of aryl methyl sites for hydroxylation is 2. The molecule has 1 amide bonds. The molecular formula is C11H12N4O2. The Kier molecular flexibility index (Phi) is 2.78. The van der Waals surface area contributed by atoms with Gasteiger partial charge in [-0.2, -0.15) is 5.10 Å². The summed E-state index contributed by atoms with van der Waals surface area (Å²) < 4.78 is 0. The van der Waals surface area contributed by atoms with Crippen LogP contribution in [0, 0.1) is 13.8 Å². The standard InChI is InChI=1S/C11H12N4O2/c1-6-10(7(2)15-14-6)13-11(17)8-3-4-12-5-9(8)16/h3-5,16H,1-2H3,(H,13,17)(H,14,15). The number of anilines is 1. The third kappa shape index (κ3) is 2.10. The number of carbonyl (C=O) groups is 1.